The Hall–Kier alpha value is -0.0400. The summed E-state index contributed by atoms with van der Waals surface area (Å²) >= 11 is 0. The van der Waals surface area contributed by atoms with Gasteiger partial charge in [0, 0.05) is 6.04 Å². The predicted molar refractivity (Wildman–Crippen MR) is 59.0 cm³/mol. The van der Waals surface area contributed by atoms with Crippen molar-refractivity contribution in [1.29, 1.82) is 0 Å². The van der Waals surface area contributed by atoms with Crippen LogP contribution in [0.4, 0.5) is 0 Å². The second kappa shape index (κ2) is 6.42. The maximum Gasteiger partial charge on any atom is 0.00952 e. The van der Waals surface area contributed by atoms with Gasteiger partial charge < -0.3 is 4.90 Å². The molecule has 1 heteroatoms. The summed E-state index contributed by atoms with van der Waals surface area (Å²) in [6, 6.07) is 0.937. The van der Waals surface area contributed by atoms with E-state index in [0.29, 0.717) is 0 Å². The monoisotopic (exact) mass is 183 g/mol. The standard InChI is InChI=1S/C12H25N/c1-3-5-11-13(10-4-2)12-8-6-7-9-12/h12H,3-11H2,1-2H3. The molecule has 78 valence electrons. The Labute approximate surface area is 83.5 Å². The van der Waals surface area contributed by atoms with E-state index in [1.165, 1.54) is 58.0 Å². The van der Waals surface area contributed by atoms with Crippen molar-refractivity contribution in [2.45, 2.75) is 64.8 Å². The van der Waals surface area contributed by atoms with Gasteiger partial charge in [-0.2, -0.15) is 0 Å². The highest BCUT2D eigenvalue weighted by Crippen LogP contribution is 2.23. The number of unbranched alkanes of at least 4 members (excludes halogenated alkanes) is 1. The summed E-state index contributed by atoms with van der Waals surface area (Å²) in [6.07, 6.45) is 9.91. The minimum atomic E-state index is 0.937. The SMILES string of the molecule is CCCCN(CCC)C1CCCC1. The zero-order valence-corrected chi connectivity index (χ0v) is 9.39. The Morgan fingerprint density at radius 2 is 1.69 bits per heavy atom. The molecule has 0 radical (unpaired) electrons. The molecule has 0 bridgehead atoms. The lowest BCUT2D eigenvalue weighted by atomic mass is 10.2. The molecule has 0 unspecified atom stereocenters. The third-order valence-electron chi connectivity index (χ3n) is 3.15. The van der Waals surface area contributed by atoms with Crippen molar-refractivity contribution in [2.75, 3.05) is 13.1 Å². The molecule has 0 aliphatic heterocycles. The van der Waals surface area contributed by atoms with Crippen LogP contribution >= 0.6 is 0 Å². The molecular weight excluding hydrogens is 158 g/mol. The van der Waals surface area contributed by atoms with E-state index in [2.05, 4.69) is 18.7 Å². The third kappa shape index (κ3) is 3.68. The molecule has 0 spiro atoms. The second-order valence-electron chi connectivity index (χ2n) is 4.33. The molecule has 0 heterocycles. The van der Waals surface area contributed by atoms with Gasteiger partial charge in [0.05, 0.1) is 0 Å². The van der Waals surface area contributed by atoms with Gasteiger partial charge in [0.25, 0.3) is 0 Å². The summed E-state index contributed by atoms with van der Waals surface area (Å²) in [7, 11) is 0. The Kier molecular flexibility index (Phi) is 5.45. The number of nitrogens with zero attached hydrogens (tertiary/aromatic N) is 1. The summed E-state index contributed by atoms with van der Waals surface area (Å²) < 4.78 is 0. The Morgan fingerprint density at radius 1 is 1.00 bits per heavy atom. The van der Waals surface area contributed by atoms with E-state index in [1.807, 2.05) is 0 Å². The number of hydrogen-bond donors (Lipinski definition) is 0. The van der Waals surface area contributed by atoms with Crippen LogP contribution in [0.25, 0.3) is 0 Å². The first-order valence-electron chi connectivity index (χ1n) is 6.12. The van der Waals surface area contributed by atoms with Crippen LogP contribution in [-0.2, 0) is 0 Å². The fourth-order valence-corrected chi connectivity index (χ4v) is 2.39. The molecule has 0 aromatic carbocycles. The highest BCUT2D eigenvalue weighted by Gasteiger charge is 2.20. The maximum absolute atomic E-state index is 2.73. The first-order valence-corrected chi connectivity index (χ1v) is 6.12. The molecule has 0 aromatic heterocycles. The molecule has 0 N–H and O–H groups in total. The van der Waals surface area contributed by atoms with E-state index in [4.69, 9.17) is 0 Å². The van der Waals surface area contributed by atoms with Gasteiger partial charge in [-0.05, 0) is 38.8 Å². The van der Waals surface area contributed by atoms with Crippen molar-refractivity contribution >= 4 is 0 Å². The van der Waals surface area contributed by atoms with E-state index >= 15 is 0 Å². The Balaban J connectivity index is 2.26. The first kappa shape index (κ1) is 11.0. The van der Waals surface area contributed by atoms with Gasteiger partial charge in [-0.3, -0.25) is 0 Å². The number of hydrogen-bond acceptors (Lipinski definition) is 1. The second-order valence-corrected chi connectivity index (χ2v) is 4.33. The fraction of sp³-hybridized carbons (Fsp3) is 1.00. The first-order chi connectivity index (χ1) is 6.38. The van der Waals surface area contributed by atoms with Crippen molar-refractivity contribution in [3.05, 3.63) is 0 Å². The van der Waals surface area contributed by atoms with Gasteiger partial charge in [0.2, 0.25) is 0 Å². The minimum absolute atomic E-state index is 0.937. The van der Waals surface area contributed by atoms with Crippen molar-refractivity contribution in [1.82, 2.24) is 4.90 Å². The van der Waals surface area contributed by atoms with Crippen molar-refractivity contribution < 1.29 is 0 Å². The Bertz CT molecular complexity index is 116. The summed E-state index contributed by atoms with van der Waals surface area (Å²) in [5, 5.41) is 0. The molecule has 1 aliphatic rings. The highest BCUT2D eigenvalue weighted by molar-refractivity contribution is 4.76. The average molecular weight is 183 g/mol. The molecule has 0 saturated heterocycles. The third-order valence-corrected chi connectivity index (χ3v) is 3.15. The zero-order valence-electron chi connectivity index (χ0n) is 9.39. The summed E-state index contributed by atoms with van der Waals surface area (Å²) in [5.74, 6) is 0. The van der Waals surface area contributed by atoms with Crippen LogP contribution in [0.3, 0.4) is 0 Å². The van der Waals surface area contributed by atoms with Crippen LogP contribution in [0.15, 0.2) is 0 Å². The summed E-state index contributed by atoms with van der Waals surface area (Å²) in [6.45, 7) is 7.26. The van der Waals surface area contributed by atoms with E-state index in [1.54, 1.807) is 0 Å². The lowest BCUT2D eigenvalue weighted by Gasteiger charge is -2.28. The van der Waals surface area contributed by atoms with Gasteiger partial charge in [0.15, 0.2) is 0 Å². The molecule has 1 fully saturated rings. The van der Waals surface area contributed by atoms with Crippen molar-refractivity contribution in [3.63, 3.8) is 0 Å². The molecule has 13 heavy (non-hydrogen) atoms. The summed E-state index contributed by atoms with van der Waals surface area (Å²) in [5.41, 5.74) is 0. The van der Waals surface area contributed by atoms with Gasteiger partial charge in [-0.25, -0.2) is 0 Å². The smallest absolute Gasteiger partial charge is 0.00952 e. The minimum Gasteiger partial charge on any atom is -0.300 e. The fourth-order valence-electron chi connectivity index (χ4n) is 2.39. The largest absolute Gasteiger partial charge is 0.300 e. The van der Waals surface area contributed by atoms with E-state index in [-0.39, 0.29) is 0 Å². The quantitative estimate of drug-likeness (QED) is 0.609. The predicted octanol–water partition coefficient (Wildman–Crippen LogP) is 3.44. The maximum atomic E-state index is 2.73. The van der Waals surface area contributed by atoms with Gasteiger partial charge >= 0.3 is 0 Å². The summed E-state index contributed by atoms with van der Waals surface area (Å²) in [4.78, 5) is 2.73. The van der Waals surface area contributed by atoms with E-state index < -0.39 is 0 Å². The average Bonchev–Trinajstić information content (AvgIpc) is 2.65. The van der Waals surface area contributed by atoms with Crippen molar-refractivity contribution in [2.24, 2.45) is 0 Å². The van der Waals surface area contributed by atoms with E-state index in [0.717, 1.165) is 6.04 Å². The molecule has 1 saturated carbocycles. The zero-order chi connectivity index (χ0) is 9.52. The van der Waals surface area contributed by atoms with Crippen LogP contribution in [0.5, 0.6) is 0 Å². The Morgan fingerprint density at radius 3 is 2.23 bits per heavy atom. The molecule has 0 amide bonds. The molecule has 1 rings (SSSR count). The molecule has 0 atom stereocenters. The van der Waals surface area contributed by atoms with E-state index in [9.17, 15) is 0 Å². The van der Waals surface area contributed by atoms with Crippen LogP contribution < -0.4 is 0 Å². The molecule has 1 nitrogen and oxygen atoms in total. The topological polar surface area (TPSA) is 3.24 Å². The van der Waals surface area contributed by atoms with Crippen LogP contribution in [0.1, 0.15) is 58.8 Å². The molecular formula is C12H25N. The van der Waals surface area contributed by atoms with Crippen LogP contribution in [0, 0.1) is 0 Å². The molecule has 0 aromatic rings. The number of rotatable bonds is 6. The van der Waals surface area contributed by atoms with Gasteiger partial charge in [0.1, 0.15) is 0 Å². The van der Waals surface area contributed by atoms with Crippen LogP contribution in [0.2, 0.25) is 0 Å². The van der Waals surface area contributed by atoms with Crippen LogP contribution in [-0.4, -0.2) is 24.0 Å². The lowest BCUT2D eigenvalue weighted by Crippen LogP contribution is -2.34. The highest BCUT2D eigenvalue weighted by atomic mass is 15.1. The van der Waals surface area contributed by atoms with Crippen molar-refractivity contribution in [3.8, 4) is 0 Å². The van der Waals surface area contributed by atoms with Gasteiger partial charge in [-0.1, -0.05) is 33.1 Å². The van der Waals surface area contributed by atoms with Gasteiger partial charge in [-0.15, -0.1) is 0 Å². The normalized spacial score (nSPS) is 18.7. The molecule has 1 aliphatic carbocycles. The lowest BCUT2D eigenvalue weighted by molar-refractivity contribution is 0.196.